The molecule has 1 aliphatic heterocycles. The smallest absolute Gasteiger partial charge is 0.333 e. The Balaban J connectivity index is 1.12. The van der Waals surface area contributed by atoms with Gasteiger partial charge in [-0.3, -0.25) is 0 Å². The van der Waals surface area contributed by atoms with Crippen molar-refractivity contribution in [3.63, 3.8) is 0 Å². The molecule has 2 fully saturated rings. The maximum atomic E-state index is 7.30. The molecule has 0 aromatic heterocycles. The van der Waals surface area contributed by atoms with Gasteiger partial charge in [0.1, 0.15) is 36.6 Å². The molecule has 2 aliphatic rings. The van der Waals surface area contributed by atoms with Gasteiger partial charge >= 0.3 is 25.8 Å². The van der Waals surface area contributed by atoms with Gasteiger partial charge in [-0.15, -0.1) is 0 Å². The Morgan fingerprint density at radius 2 is 0.521 bits per heavy atom. The first kappa shape index (κ1) is 53.2. The Morgan fingerprint density at radius 3 is 0.781 bits per heavy atom. The minimum absolute atomic E-state index is 0.171. The molecule has 73 heavy (non-hydrogen) atoms. The third kappa shape index (κ3) is 16.4. The van der Waals surface area contributed by atoms with Gasteiger partial charge in [0.2, 0.25) is 0 Å². The van der Waals surface area contributed by atoms with Crippen molar-refractivity contribution in [1.29, 1.82) is 0 Å². The molecule has 9 rings (SSSR count). The van der Waals surface area contributed by atoms with Crippen LogP contribution in [0.3, 0.4) is 0 Å². The van der Waals surface area contributed by atoms with Crippen LogP contribution in [-0.4, -0.2) is 42.4 Å². The molecule has 6 atom stereocenters. The Labute approximate surface area is 432 Å². The first-order chi connectivity index (χ1) is 35.9. The summed E-state index contributed by atoms with van der Waals surface area (Å²) in [6.07, 6.45) is -5.55. The van der Waals surface area contributed by atoms with Crippen LogP contribution in [0.2, 0.25) is 0 Å². The summed E-state index contributed by atoms with van der Waals surface area (Å²) in [6, 6.07) is 69.4. The first-order valence-electron chi connectivity index (χ1n) is 24.3. The van der Waals surface area contributed by atoms with Gasteiger partial charge in [0.05, 0.1) is 46.2 Å². The van der Waals surface area contributed by atoms with Crippen LogP contribution in [0.1, 0.15) is 52.8 Å². The number of hydrogen-bond acceptors (Lipinski definition) is 12. The highest BCUT2D eigenvalue weighted by Crippen LogP contribution is 2.55. The molecule has 7 aromatic rings. The summed E-state index contributed by atoms with van der Waals surface area (Å²) in [5, 5.41) is 0. The lowest BCUT2D eigenvalue weighted by Gasteiger charge is -2.47. The molecule has 0 radical (unpaired) electrons. The molecule has 1 aliphatic carbocycles. The Hall–Kier alpha value is -4.65. The van der Waals surface area contributed by atoms with Crippen LogP contribution in [0.4, 0.5) is 0 Å². The summed E-state index contributed by atoms with van der Waals surface area (Å²) in [5.41, 5.74) is 6.60. The number of ether oxygens (including phenoxy) is 3. The van der Waals surface area contributed by atoms with Gasteiger partial charge in [-0.1, -0.05) is 212 Å². The van der Waals surface area contributed by atoms with Gasteiger partial charge in [-0.2, -0.15) is 0 Å². The second-order valence-corrected chi connectivity index (χ2v) is 21.3. The zero-order chi connectivity index (χ0) is 49.9. The van der Waals surface area contributed by atoms with E-state index in [1.54, 1.807) is 0 Å². The molecular formula is C58H61O12P3. The fourth-order valence-electron chi connectivity index (χ4n) is 8.19. The van der Waals surface area contributed by atoms with E-state index in [1.807, 2.05) is 226 Å². The molecule has 7 aromatic carbocycles. The monoisotopic (exact) mass is 1040 g/mol. The maximum absolute atomic E-state index is 7.30. The zero-order valence-electron chi connectivity index (χ0n) is 40.9. The predicted molar refractivity (Wildman–Crippen MR) is 282 cm³/mol. The summed E-state index contributed by atoms with van der Waals surface area (Å²) in [5.74, 6) is -1.12. The van der Waals surface area contributed by atoms with E-state index < -0.39 is 68.2 Å². The highest BCUT2D eigenvalue weighted by Gasteiger charge is 2.62. The van der Waals surface area contributed by atoms with E-state index in [-0.39, 0.29) is 46.2 Å². The van der Waals surface area contributed by atoms with Crippen LogP contribution in [0, 0.1) is 0 Å². The fraction of sp³-hybridized carbons (Fsp3) is 0.276. The maximum Gasteiger partial charge on any atom is 0.333 e. The summed E-state index contributed by atoms with van der Waals surface area (Å²) < 4.78 is 82.5. The molecule has 1 saturated carbocycles. The number of fused-ring (bicyclic) bond motifs is 1. The van der Waals surface area contributed by atoms with Crippen LogP contribution in [0.25, 0.3) is 0 Å². The van der Waals surface area contributed by atoms with E-state index in [1.165, 1.54) is 0 Å². The van der Waals surface area contributed by atoms with Gasteiger partial charge in [0.15, 0.2) is 5.79 Å². The van der Waals surface area contributed by atoms with Crippen molar-refractivity contribution in [2.75, 3.05) is 0 Å². The molecule has 15 heteroatoms. The molecule has 1 heterocycles. The van der Waals surface area contributed by atoms with Crippen LogP contribution in [0.15, 0.2) is 212 Å². The Morgan fingerprint density at radius 1 is 0.301 bits per heavy atom. The molecule has 12 nitrogen and oxygen atoms in total. The highest BCUT2D eigenvalue weighted by molar-refractivity contribution is 7.42. The molecular weight excluding hydrogens is 982 g/mol. The van der Waals surface area contributed by atoms with Crippen molar-refractivity contribution in [3.8, 4) is 0 Å². The van der Waals surface area contributed by atoms with Crippen molar-refractivity contribution in [2.24, 2.45) is 0 Å². The van der Waals surface area contributed by atoms with Gasteiger partial charge in [-0.05, 0) is 52.8 Å². The second-order valence-electron chi connectivity index (χ2n) is 17.8. The third-order valence-corrected chi connectivity index (χ3v) is 15.1. The van der Waals surface area contributed by atoms with Crippen molar-refractivity contribution in [2.45, 2.75) is 103 Å². The standard InChI is InChI=1S/C58H61O12P3/c1-58(2)66-53-54(67-58)57(70-73(64-43-50-34-20-8-21-35-50)65-44-51-36-22-9-23-37-51)56(69-72(62-41-48-30-16-6-17-31-48)63-42-49-32-18-7-19-33-49)52(59-38-45-24-10-3-11-25-45)55(53)68-71(60-39-46-26-12-4-13-27-46)61-40-47-28-14-5-15-29-47/h3-37,52-57H,38-44H2,1-2H3/t52-,53+,54-,55-,56+,57+/m0/s1. The minimum atomic E-state index is -2.16. The van der Waals surface area contributed by atoms with Crippen LogP contribution in [-0.2, 0) is 101 Å². The van der Waals surface area contributed by atoms with Gasteiger partial charge < -0.3 is 54.9 Å². The number of rotatable bonds is 27. The minimum Gasteiger partial charge on any atom is -0.368 e. The van der Waals surface area contributed by atoms with E-state index in [0.717, 1.165) is 38.9 Å². The number of hydrogen-bond donors (Lipinski definition) is 0. The second kappa shape index (κ2) is 27.8. The lowest BCUT2D eigenvalue weighted by atomic mass is 9.85. The van der Waals surface area contributed by atoms with Gasteiger partial charge in [0, 0.05) is 0 Å². The topological polar surface area (TPSA) is 111 Å². The van der Waals surface area contributed by atoms with E-state index in [4.69, 9.17) is 54.9 Å². The van der Waals surface area contributed by atoms with Crippen LogP contribution < -0.4 is 0 Å². The van der Waals surface area contributed by atoms with Gasteiger partial charge in [-0.25, -0.2) is 0 Å². The fourth-order valence-corrected chi connectivity index (χ4v) is 11.6. The summed E-state index contributed by atoms with van der Waals surface area (Å²) >= 11 is 0. The normalized spacial score (nSPS) is 20.4. The molecule has 0 amide bonds. The Bertz CT molecular complexity index is 2480. The average Bonchev–Trinajstić information content (AvgIpc) is 3.78. The van der Waals surface area contributed by atoms with E-state index in [0.29, 0.717) is 0 Å². The lowest BCUT2D eigenvalue weighted by molar-refractivity contribution is -0.198. The third-order valence-electron chi connectivity index (χ3n) is 11.8. The highest BCUT2D eigenvalue weighted by atomic mass is 31.2. The summed E-state index contributed by atoms with van der Waals surface area (Å²) in [7, 11) is -6.38. The molecule has 0 bridgehead atoms. The summed E-state index contributed by atoms with van der Waals surface area (Å²) in [6.45, 7) is 5.19. The van der Waals surface area contributed by atoms with E-state index in [9.17, 15) is 0 Å². The van der Waals surface area contributed by atoms with Crippen molar-refractivity contribution in [1.82, 2.24) is 0 Å². The zero-order valence-corrected chi connectivity index (χ0v) is 43.5. The lowest BCUT2D eigenvalue weighted by Crippen LogP contribution is -2.64. The first-order valence-corrected chi connectivity index (χ1v) is 27.6. The molecule has 0 spiro atoms. The SMILES string of the molecule is CC1(C)O[C@@H]2[C@@H](OP(OCc3ccccc3)OCc3ccccc3)[C@H](OP(OCc3ccccc3)OCc3ccccc3)[C@@H](OCc3ccccc3)[C@H](OP(OCc3ccccc3)OCc3ccccc3)[C@@H]2O1. The molecule has 0 N–H and O–H groups in total. The quantitative estimate of drug-likeness (QED) is 0.0457. The Kier molecular flexibility index (Phi) is 20.2. The van der Waals surface area contributed by atoms with Crippen molar-refractivity contribution >= 4 is 25.8 Å². The van der Waals surface area contributed by atoms with E-state index in [2.05, 4.69) is 0 Å². The van der Waals surface area contributed by atoms with Crippen molar-refractivity contribution < 1.29 is 54.9 Å². The predicted octanol–water partition coefficient (Wildman–Crippen LogP) is 14.2. The molecule has 0 unspecified atom stereocenters. The molecule has 1 saturated heterocycles. The van der Waals surface area contributed by atoms with Crippen LogP contribution in [0.5, 0.6) is 0 Å². The molecule has 380 valence electrons. The number of benzene rings is 7. The van der Waals surface area contributed by atoms with Gasteiger partial charge in [0.25, 0.3) is 0 Å². The summed E-state index contributed by atoms with van der Waals surface area (Å²) in [4.78, 5) is 0. The van der Waals surface area contributed by atoms with Crippen molar-refractivity contribution in [3.05, 3.63) is 251 Å². The van der Waals surface area contributed by atoms with Crippen LogP contribution >= 0.6 is 25.8 Å². The average molecular weight is 1040 g/mol. The van der Waals surface area contributed by atoms with E-state index >= 15 is 0 Å². The largest absolute Gasteiger partial charge is 0.368 e.